The Balaban J connectivity index is 0.0000120. The fourth-order valence-corrected chi connectivity index (χ4v) is 9.05. The summed E-state index contributed by atoms with van der Waals surface area (Å²) in [5.41, 5.74) is -11.9. The van der Waals surface area contributed by atoms with Crippen molar-refractivity contribution in [1.82, 2.24) is 14.5 Å². The average Bonchev–Trinajstić information content (AvgIpc) is 0.855. The van der Waals surface area contributed by atoms with Crippen LogP contribution in [0.25, 0.3) is 72.7 Å². The maximum absolute atomic E-state index is 13.2. The normalized spacial score (nSPS) is 19.2. The number of hydrogen-bond donors (Lipinski definition) is 1. The third kappa shape index (κ3) is 10.1. The molecule has 0 aliphatic carbocycles. The quantitative estimate of drug-likeness (QED) is 0.128. The first-order valence-electron chi connectivity index (χ1n) is 34.0. The Kier molecular flexibility index (Phi) is 7.08. The standard InChI is InChI=1S/C61H68N3OSi.Pt/c1-58(2,3)44-26-29-53(49(36-44)40-20-17-16-18-21-40)64-54-23-19-22-48(55(54)63-57(64)50-37-46(60(7,8)9)38-51(56(50)65)61(10,11)12)42-32-43(34-45(33-42)59(4,5)6)52-35-41(30-31-62-52)39-24-27-47(28-25-39)66(13,14)15;/h16-31,33-38,65H,1-15H3;/q-1;/i7D3,8D3,9D3,10D3,11D3,12D3,16D,17D,18D,20D,21D,30D,35D;. The van der Waals surface area contributed by atoms with Crippen molar-refractivity contribution in [2.75, 3.05) is 0 Å². The van der Waals surface area contributed by atoms with Gasteiger partial charge in [0.05, 0.1) is 40.0 Å². The monoisotopic (exact) mass is 1110 g/mol. The second-order valence-corrected chi connectivity index (χ2v) is 24.9. The van der Waals surface area contributed by atoms with E-state index in [4.69, 9.17) is 35.1 Å². The van der Waals surface area contributed by atoms with E-state index >= 15 is 0 Å². The Labute approximate surface area is 451 Å². The van der Waals surface area contributed by atoms with E-state index in [1.807, 2.05) is 65.8 Å². The number of aromatic hydroxyl groups is 1. The van der Waals surface area contributed by atoms with Gasteiger partial charge in [0.15, 0.2) is 0 Å². The molecule has 2 aromatic heterocycles. The van der Waals surface area contributed by atoms with Crippen LogP contribution in [-0.2, 0) is 42.7 Å². The Morgan fingerprint density at radius 1 is 0.627 bits per heavy atom. The molecule has 0 amide bonds. The van der Waals surface area contributed by atoms with Crippen LogP contribution in [0.15, 0.2) is 133 Å². The zero-order valence-electron chi connectivity index (χ0n) is 63.8. The van der Waals surface area contributed by atoms with Gasteiger partial charge < -0.3 is 5.11 Å². The molecule has 1 N–H and O–H groups in total. The van der Waals surface area contributed by atoms with Crippen LogP contribution in [0.5, 0.6) is 5.75 Å². The number of nitrogens with zero attached hydrogens (tertiary/aromatic N) is 3. The molecule has 6 aromatic carbocycles. The number of hydrogen-bond acceptors (Lipinski definition) is 3. The van der Waals surface area contributed by atoms with E-state index < -0.39 is 135 Å². The number of para-hydroxylation sites is 1. The second-order valence-electron chi connectivity index (χ2n) is 19.9. The molecule has 0 aliphatic heterocycles. The SMILES string of the molecule is [2H]c1cnc(-c2[c-]c(-c3cccc4c3nc(-c3cc(C(C([2H])([2H])[2H])(C([2H])([2H])[2H])C([2H])([2H])[2H])cc(C(C([2H])([2H])[2H])(C([2H])([2H])[2H])C([2H])([2H])[2H])c3O)n4-c3ccc(C(C)(C)C)cc3-c3c([2H])c([2H])c([2H])c([2H])c3[2H])cc(C(C)(C)C)c2)c([2H])c1-c1ccc([Si](C)(C)C)cc1.[Pt]. The summed E-state index contributed by atoms with van der Waals surface area (Å²) in [6.45, 7) is -7.51. The summed E-state index contributed by atoms with van der Waals surface area (Å²) in [5.74, 6) is -2.25. The number of aromatic nitrogens is 3. The van der Waals surface area contributed by atoms with Crippen molar-refractivity contribution in [3.63, 3.8) is 0 Å². The van der Waals surface area contributed by atoms with Crippen molar-refractivity contribution in [1.29, 1.82) is 0 Å². The van der Waals surface area contributed by atoms with Crippen LogP contribution < -0.4 is 5.19 Å². The number of rotatable bonds is 7. The van der Waals surface area contributed by atoms with E-state index in [1.165, 1.54) is 29.0 Å². The Morgan fingerprint density at radius 3 is 1.91 bits per heavy atom. The van der Waals surface area contributed by atoms with Gasteiger partial charge in [-0.1, -0.05) is 203 Å². The number of fused-ring (bicyclic) bond motifs is 1. The molecule has 348 valence electrons. The molecule has 0 unspecified atom stereocenters. The average molecular weight is 1110 g/mol. The van der Waals surface area contributed by atoms with Gasteiger partial charge in [0.1, 0.15) is 11.6 Å². The molecule has 4 nitrogen and oxygen atoms in total. The first-order chi connectivity index (χ1) is 41.2. The van der Waals surface area contributed by atoms with Crippen molar-refractivity contribution in [2.24, 2.45) is 0 Å². The molecule has 0 saturated carbocycles. The van der Waals surface area contributed by atoms with Crippen LogP contribution in [0.1, 0.15) is 139 Å². The summed E-state index contributed by atoms with van der Waals surface area (Å²) in [5, 5.41) is 14.3. The van der Waals surface area contributed by atoms with Gasteiger partial charge in [-0.25, -0.2) is 4.98 Å². The second kappa shape index (κ2) is 17.9. The van der Waals surface area contributed by atoms with Crippen molar-refractivity contribution < 1.29 is 60.4 Å². The molecule has 0 atom stereocenters. The molecular weight excluding hydrogens is 1010 g/mol. The van der Waals surface area contributed by atoms with Crippen LogP contribution >= 0.6 is 0 Å². The zero-order valence-corrected chi connectivity index (χ0v) is 42.0. The summed E-state index contributed by atoms with van der Waals surface area (Å²) in [7, 11) is -1.76. The number of benzene rings is 6. The minimum Gasteiger partial charge on any atom is -0.507 e. The van der Waals surface area contributed by atoms with Gasteiger partial charge in [-0.05, 0) is 79.8 Å². The van der Waals surface area contributed by atoms with Gasteiger partial charge in [0.2, 0.25) is 0 Å². The fraction of sp³-hybridized carbons (Fsp3) is 0.311. The molecule has 8 aromatic rings. The molecule has 0 aliphatic rings. The molecule has 67 heavy (non-hydrogen) atoms. The van der Waals surface area contributed by atoms with E-state index in [0.29, 0.717) is 22.8 Å². The smallest absolute Gasteiger partial charge is 0.148 e. The van der Waals surface area contributed by atoms with Crippen LogP contribution in [-0.4, -0.2) is 27.7 Å². The number of imidazole rings is 1. The molecule has 0 bridgehead atoms. The van der Waals surface area contributed by atoms with Gasteiger partial charge in [-0.3, -0.25) is 9.55 Å². The minimum atomic E-state index is -4.29. The van der Waals surface area contributed by atoms with E-state index in [-0.39, 0.29) is 89.4 Å². The summed E-state index contributed by atoms with van der Waals surface area (Å²) in [4.78, 5) is 9.70. The Morgan fingerprint density at radius 2 is 1.27 bits per heavy atom. The summed E-state index contributed by atoms with van der Waals surface area (Å²) >= 11 is 0. The van der Waals surface area contributed by atoms with Crippen molar-refractivity contribution in [3.05, 3.63) is 162 Å². The third-order valence-electron chi connectivity index (χ3n) is 11.7. The van der Waals surface area contributed by atoms with Crippen molar-refractivity contribution in [3.8, 4) is 67.5 Å². The molecule has 0 radical (unpaired) electrons. The molecule has 2 heterocycles. The van der Waals surface area contributed by atoms with E-state index in [1.54, 1.807) is 30.3 Å². The Bertz CT molecular complexity index is 4090. The first-order valence-corrected chi connectivity index (χ1v) is 25.0. The maximum Gasteiger partial charge on any atom is 0.148 e. The number of phenols is 1. The molecule has 0 spiro atoms. The van der Waals surface area contributed by atoms with Gasteiger partial charge in [0, 0.05) is 68.8 Å². The predicted octanol–water partition coefficient (Wildman–Crippen LogP) is 16.0. The summed E-state index contributed by atoms with van der Waals surface area (Å²) in [6, 6.07) is 20.7. The van der Waals surface area contributed by atoms with Gasteiger partial charge in [-0.2, -0.15) is 0 Å². The number of phenolic OH excluding ortho intramolecular Hbond substituents is 1. The van der Waals surface area contributed by atoms with Crippen molar-refractivity contribution in [2.45, 2.75) is 124 Å². The van der Waals surface area contributed by atoms with Gasteiger partial charge in [-0.15, -0.1) is 29.3 Å². The Hall–Kier alpha value is -5.35. The van der Waals surface area contributed by atoms with Gasteiger partial charge in [0.25, 0.3) is 0 Å². The van der Waals surface area contributed by atoms with E-state index in [9.17, 15) is 9.22 Å². The molecule has 8 rings (SSSR count). The summed E-state index contributed by atoms with van der Waals surface area (Å²) in [6.07, 6.45) is 1.33. The molecule has 0 saturated heterocycles. The fourth-order valence-electron chi connectivity index (χ4n) is 7.88. The number of pyridine rings is 1. The predicted molar refractivity (Wildman–Crippen MR) is 284 cm³/mol. The van der Waals surface area contributed by atoms with Gasteiger partial charge >= 0.3 is 0 Å². The third-order valence-corrected chi connectivity index (χ3v) is 13.8. The first kappa shape index (κ1) is 26.4. The van der Waals surface area contributed by atoms with E-state index in [0.717, 1.165) is 5.19 Å². The summed E-state index contributed by atoms with van der Waals surface area (Å²) < 4.78 is 223. The van der Waals surface area contributed by atoms with Crippen LogP contribution in [0, 0.1) is 6.07 Å². The maximum atomic E-state index is 13.2. The van der Waals surface area contributed by atoms with Crippen LogP contribution in [0.4, 0.5) is 0 Å². The molecular formula is C61H68N3OPtSi-. The zero-order chi connectivity index (χ0) is 68.8. The van der Waals surface area contributed by atoms with E-state index in [2.05, 4.69) is 30.7 Å². The largest absolute Gasteiger partial charge is 0.507 e. The van der Waals surface area contributed by atoms with Crippen LogP contribution in [0.3, 0.4) is 0 Å². The molecule has 0 fully saturated rings. The minimum absolute atomic E-state index is 0. The topological polar surface area (TPSA) is 50.9 Å². The van der Waals surface area contributed by atoms with Crippen molar-refractivity contribution >= 4 is 24.3 Å². The van der Waals surface area contributed by atoms with Crippen LogP contribution in [0.2, 0.25) is 19.6 Å². The molecule has 6 heteroatoms.